The molecule has 53 heavy (non-hydrogen) atoms. The van der Waals surface area contributed by atoms with Gasteiger partial charge < -0.3 is 9.32 Å². The van der Waals surface area contributed by atoms with Crippen molar-refractivity contribution in [3.63, 3.8) is 0 Å². The van der Waals surface area contributed by atoms with E-state index in [1.54, 1.807) is 16.3 Å². The lowest BCUT2D eigenvalue weighted by Crippen LogP contribution is -2.49. The van der Waals surface area contributed by atoms with Crippen molar-refractivity contribution < 1.29 is 4.42 Å². The maximum atomic E-state index is 6.35. The van der Waals surface area contributed by atoms with Crippen LogP contribution >= 0.6 is 0 Å². The van der Waals surface area contributed by atoms with Crippen molar-refractivity contribution in [2.45, 2.75) is 64.6 Å². The molecule has 2 saturated carbocycles. The summed E-state index contributed by atoms with van der Waals surface area (Å²) in [6, 6.07) is 49.9. The van der Waals surface area contributed by atoms with Gasteiger partial charge >= 0.3 is 0 Å². The number of fused-ring (bicyclic) bond motifs is 11. The topological polar surface area (TPSA) is 16.4 Å². The van der Waals surface area contributed by atoms with Gasteiger partial charge in [0.15, 0.2) is 0 Å². The van der Waals surface area contributed by atoms with E-state index in [1.807, 2.05) is 6.07 Å². The highest BCUT2D eigenvalue weighted by Crippen LogP contribution is 2.65. The van der Waals surface area contributed by atoms with Gasteiger partial charge in [0, 0.05) is 22.2 Å². The molecule has 0 radical (unpaired) electrons. The first-order valence-electron chi connectivity index (χ1n) is 19.9. The second kappa shape index (κ2) is 12.1. The smallest absolute Gasteiger partial charge is 0.137 e. The van der Waals surface area contributed by atoms with E-state index in [4.69, 9.17) is 4.42 Å². The predicted octanol–water partition coefficient (Wildman–Crippen LogP) is 13.6. The molecule has 0 aliphatic heterocycles. The zero-order valence-electron chi connectivity index (χ0n) is 31.7. The van der Waals surface area contributed by atoms with Crippen LogP contribution in [0.15, 0.2) is 138 Å². The molecule has 3 aliphatic carbocycles. The number of hydrogen-bond acceptors (Lipinski definition) is 2. The molecule has 3 heteroatoms. The van der Waals surface area contributed by atoms with Gasteiger partial charge in [-0.15, -0.1) is 0 Å². The lowest BCUT2D eigenvalue weighted by atomic mass is 9.49. The molecular weight excluding hydrogens is 659 g/mol. The van der Waals surface area contributed by atoms with E-state index in [-0.39, 0.29) is 5.41 Å². The minimum absolute atomic E-state index is 0.0833. The van der Waals surface area contributed by atoms with Crippen LogP contribution < -0.4 is 10.1 Å². The quantitative estimate of drug-likeness (QED) is 0.166. The first-order chi connectivity index (χ1) is 25.7. The van der Waals surface area contributed by atoms with Gasteiger partial charge in [0.2, 0.25) is 0 Å². The predicted molar refractivity (Wildman–Crippen MR) is 227 cm³/mol. The molecule has 1 aromatic heterocycles. The first kappa shape index (κ1) is 32.8. The number of anilines is 3. The van der Waals surface area contributed by atoms with Crippen molar-refractivity contribution in [1.82, 2.24) is 0 Å². The van der Waals surface area contributed by atoms with Gasteiger partial charge in [-0.2, -0.15) is 0 Å². The summed E-state index contributed by atoms with van der Waals surface area (Å²) in [5.41, 5.74) is 14.1. The van der Waals surface area contributed by atoms with Crippen molar-refractivity contribution >= 4 is 52.3 Å². The van der Waals surface area contributed by atoms with Gasteiger partial charge in [-0.3, -0.25) is 0 Å². The molecule has 1 spiro atoms. The van der Waals surface area contributed by atoms with E-state index in [9.17, 15) is 0 Å². The number of para-hydroxylation sites is 2. The Morgan fingerprint density at radius 1 is 0.623 bits per heavy atom. The molecule has 2 fully saturated rings. The molecule has 5 unspecified atom stereocenters. The van der Waals surface area contributed by atoms with Crippen LogP contribution in [0.2, 0.25) is 19.6 Å². The Kier molecular flexibility index (Phi) is 7.47. The Balaban J connectivity index is 1.15. The number of hydrogen-bond donors (Lipinski definition) is 0. The maximum Gasteiger partial charge on any atom is 0.137 e. The minimum Gasteiger partial charge on any atom is -0.456 e. The fraction of sp³-hybridized carbons (Fsp3) is 0.280. The molecule has 7 aromatic rings. The summed E-state index contributed by atoms with van der Waals surface area (Å²) in [5, 5.41) is 3.83. The van der Waals surface area contributed by atoms with Gasteiger partial charge in [-0.25, -0.2) is 0 Å². The SMILES string of the molecule is CC1CC2CC(C)C3(c4ccc([Si](C)(C)C)cc4-c4c(-c5ccc(N(c6ccccc6)c6cccc7oc8ccccc8c67)cc5)cccc43)C(C1)C2. The van der Waals surface area contributed by atoms with Crippen LogP contribution in [0.4, 0.5) is 17.1 Å². The number of benzene rings is 6. The standard InChI is InChI=1S/C50H49NOSi/c1-32-27-34-29-33(2)50(36(28-32)30-34)43-26-25-39(53(3,4)5)31-42(43)48-40(16-11-17-44(48)50)35-21-23-38(24-22-35)51(37-13-7-6-8-14-37)45-18-12-20-47-49(45)41-15-9-10-19-46(41)52-47/h6-26,31-34,36H,27-30H2,1-5H3. The van der Waals surface area contributed by atoms with E-state index in [2.05, 4.69) is 166 Å². The molecule has 0 saturated heterocycles. The number of furan rings is 1. The van der Waals surface area contributed by atoms with Crippen molar-refractivity contribution in [3.05, 3.63) is 145 Å². The number of nitrogens with zero attached hydrogens (tertiary/aromatic N) is 1. The zero-order chi connectivity index (χ0) is 36.1. The first-order valence-corrected chi connectivity index (χ1v) is 23.4. The third-order valence-corrected chi connectivity index (χ3v) is 15.4. The van der Waals surface area contributed by atoms with Crippen LogP contribution in [0.1, 0.15) is 50.7 Å². The van der Waals surface area contributed by atoms with Crippen LogP contribution in [0.5, 0.6) is 0 Å². The normalized spacial score (nSPS) is 23.3. The largest absolute Gasteiger partial charge is 0.456 e. The summed E-state index contributed by atoms with van der Waals surface area (Å²) in [5.74, 6) is 2.98. The fourth-order valence-electron chi connectivity index (χ4n) is 11.3. The van der Waals surface area contributed by atoms with Gasteiger partial charge in [-0.05, 0) is 125 Å². The van der Waals surface area contributed by atoms with E-state index >= 15 is 0 Å². The Bertz CT molecular complexity index is 2500. The molecule has 0 N–H and O–H groups in total. The van der Waals surface area contributed by atoms with Crippen molar-refractivity contribution in [3.8, 4) is 22.3 Å². The van der Waals surface area contributed by atoms with Crippen LogP contribution in [-0.2, 0) is 5.41 Å². The summed E-state index contributed by atoms with van der Waals surface area (Å²) in [6.07, 6.45) is 5.45. The van der Waals surface area contributed by atoms with Gasteiger partial charge in [0.1, 0.15) is 11.2 Å². The Morgan fingerprint density at radius 3 is 2.17 bits per heavy atom. The molecule has 2 bridgehead atoms. The van der Waals surface area contributed by atoms with Gasteiger partial charge in [-0.1, -0.05) is 130 Å². The molecule has 6 aromatic carbocycles. The zero-order valence-corrected chi connectivity index (χ0v) is 32.7. The Labute approximate surface area is 315 Å². The summed E-state index contributed by atoms with van der Waals surface area (Å²) in [7, 11) is -1.54. The maximum absolute atomic E-state index is 6.35. The lowest BCUT2D eigenvalue weighted by Gasteiger charge is -2.54. The molecule has 5 atom stereocenters. The number of rotatable bonds is 5. The summed E-state index contributed by atoms with van der Waals surface area (Å²) < 4.78 is 6.35. The van der Waals surface area contributed by atoms with Crippen LogP contribution in [-0.4, -0.2) is 8.07 Å². The molecule has 1 heterocycles. The third kappa shape index (κ3) is 4.96. The van der Waals surface area contributed by atoms with Crippen LogP contribution in [0.3, 0.4) is 0 Å². The van der Waals surface area contributed by atoms with Crippen LogP contribution in [0.25, 0.3) is 44.2 Å². The summed E-state index contributed by atoms with van der Waals surface area (Å²) >= 11 is 0. The lowest BCUT2D eigenvalue weighted by molar-refractivity contribution is 0.0426. The van der Waals surface area contributed by atoms with Crippen molar-refractivity contribution in [2.75, 3.05) is 4.90 Å². The molecule has 0 amide bonds. The fourth-order valence-corrected chi connectivity index (χ4v) is 12.4. The highest BCUT2D eigenvalue weighted by Gasteiger charge is 2.57. The van der Waals surface area contributed by atoms with E-state index in [0.717, 1.165) is 50.8 Å². The Morgan fingerprint density at radius 2 is 1.36 bits per heavy atom. The summed E-state index contributed by atoms with van der Waals surface area (Å²) in [6.45, 7) is 12.6. The molecule has 3 aliphatic rings. The minimum atomic E-state index is -1.54. The monoisotopic (exact) mass is 707 g/mol. The van der Waals surface area contributed by atoms with E-state index in [0.29, 0.717) is 11.8 Å². The van der Waals surface area contributed by atoms with Crippen LogP contribution in [0, 0.1) is 23.7 Å². The average molecular weight is 708 g/mol. The van der Waals surface area contributed by atoms with E-state index in [1.165, 1.54) is 47.9 Å². The highest BCUT2D eigenvalue weighted by atomic mass is 28.3. The molecule has 264 valence electrons. The van der Waals surface area contributed by atoms with E-state index < -0.39 is 8.07 Å². The molecule has 10 rings (SSSR count). The van der Waals surface area contributed by atoms with Crippen molar-refractivity contribution in [1.29, 1.82) is 0 Å². The summed E-state index contributed by atoms with van der Waals surface area (Å²) in [4.78, 5) is 2.39. The van der Waals surface area contributed by atoms with Crippen molar-refractivity contribution in [2.24, 2.45) is 23.7 Å². The molecule has 2 nitrogen and oxygen atoms in total. The third-order valence-electron chi connectivity index (χ3n) is 13.3. The second-order valence-corrected chi connectivity index (χ2v) is 22.7. The second-order valence-electron chi connectivity index (χ2n) is 17.6. The van der Waals surface area contributed by atoms with Gasteiger partial charge in [0.25, 0.3) is 0 Å². The Hall–Kier alpha value is -4.86. The average Bonchev–Trinajstić information content (AvgIpc) is 3.69. The molecular formula is C50H49NOSi. The van der Waals surface area contributed by atoms with Gasteiger partial charge in [0.05, 0.1) is 19.1 Å². The highest BCUT2D eigenvalue weighted by molar-refractivity contribution is 6.88.